The minimum atomic E-state index is -4.80. The molecule has 2 aliphatic rings. The van der Waals surface area contributed by atoms with E-state index < -0.39 is 48.4 Å². The fraction of sp³-hybridized carbons (Fsp3) is 0.368. The van der Waals surface area contributed by atoms with Gasteiger partial charge in [-0.05, 0) is 19.1 Å². The number of imidazole rings is 1. The average Bonchev–Trinajstić information content (AvgIpc) is 3.24. The summed E-state index contributed by atoms with van der Waals surface area (Å²) in [6.45, 7) is 0.630. The lowest BCUT2D eigenvalue weighted by Gasteiger charge is -2.22. The number of rotatable bonds is 4. The van der Waals surface area contributed by atoms with Crippen molar-refractivity contribution in [1.29, 1.82) is 0 Å². The highest BCUT2D eigenvalue weighted by molar-refractivity contribution is 5.83. The van der Waals surface area contributed by atoms with Crippen LogP contribution in [-0.4, -0.2) is 52.9 Å². The molecule has 0 radical (unpaired) electrons. The standard InChI is InChI=1S/C19H17F4N5O4/c1-9(16(24)30)25-10-2-3-11-12(6-10)31-5-4-27-15(20)18(26-17(11)27)28-13(19(21,22)23)8-32-14(28)7-29/h2-3,6,9,13,25H,4-5,8H2,1H3,(H2,24,30)/t9-,13-/m0/s1. The second kappa shape index (κ2) is 7.75. The number of halogens is 4. The van der Waals surface area contributed by atoms with Gasteiger partial charge < -0.3 is 20.5 Å². The summed E-state index contributed by atoms with van der Waals surface area (Å²) in [5.74, 6) is -1.58. The zero-order chi connectivity index (χ0) is 23.2. The van der Waals surface area contributed by atoms with Crippen molar-refractivity contribution in [3.8, 4) is 17.1 Å². The lowest BCUT2D eigenvalue weighted by molar-refractivity contribution is -0.147. The molecule has 1 aromatic heterocycles. The highest BCUT2D eigenvalue weighted by Crippen LogP contribution is 2.41. The van der Waals surface area contributed by atoms with E-state index in [1.807, 2.05) is 0 Å². The number of nitrogens with zero attached hydrogens (tertiary/aromatic N) is 3. The number of amides is 1. The van der Waals surface area contributed by atoms with Crippen molar-refractivity contribution in [2.45, 2.75) is 31.7 Å². The Morgan fingerprint density at radius 1 is 1.38 bits per heavy atom. The van der Waals surface area contributed by atoms with Crippen molar-refractivity contribution in [2.75, 3.05) is 23.4 Å². The van der Waals surface area contributed by atoms with Gasteiger partial charge in [0.2, 0.25) is 11.9 Å². The third-order valence-electron chi connectivity index (χ3n) is 5.10. The van der Waals surface area contributed by atoms with Crippen LogP contribution >= 0.6 is 0 Å². The molecule has 13 heteroatoms. The number of fused-ring (bicyclic) bond motifs is 3. The van der Waals surface area contributed by atoms with Gasteiger partial charge in [0, 0.05) is 11.8 Å². The van der Waals surface area contributed by atoms with Crippen LogP contribution in [0.1, 0.15) is 6.92 Å². The minimum Gasteiger partial charge on any atom is -0.491 e. The third kappa shape index (κ3) is 3.60. The van der Waals surface area contributed by atoms with Crippen molar-refractivity contribution >= 4 is 23.4 Å². The number of benzene rings is 1. The van der Waals surface area contributed by atoms with E-state index in [4.69, 9.17) is 15.2 Å². The van der Waals surface area contributed by atoms with Gasteiger partial charge in [-0.2, -0.15) is 17.6 Å². The number of nitrogens with one attached hydrogen (secondary N) is 1. The third-order valence-corrected chi connectivity index (χ3v) is 5.10. The van der Waals surface area contributed by atoms with E-state index in [-0.39, 0.29) is 24.7 Å². The Morgan fingerprint density at radius 3 is 2.78 bits per heavy atom. The summed E-state index contributed by atoms with van der Waals surface area (Å²) in [6.07, 6.45) is -4.80. The van der Waals surface area contributed by atoms with Gasteiger partial charge in [0.25, 0.3) is 5.88 Å². The number of hydrogen-bond donors (Lipinski definition) is 2. The molecule has 1 amide bonds. The number of carbonyl (C=O) groups excluding carboxylic acids is 2. The van der Waals surface area contributed by atoms with Crippen LogP contribution in [0.15, 0.2) is 24.1 Å². The molecule has 2 atom stereocenters. The first kappa shape index (κ1) is 21.5. The van der Waals surface area contributed by atoms with E-state index in [0.717, 1.165) is 4.57 Å². The van der Waals surface area contributed by atoms with Gasteiger partial charge in [-0.1, -0.05) is 0 Å². The number of aromatic nitrogens is 2. The first-order chi connectivity index (χ1) is 15.1. The molecule has 0 unspecified atom stereocenters. The van der Waals surface area contributed by atoms with Crippen molar-refractivity contribution in [3.63, 3.8) is 0 Å². The number of anilines is 2. The molecular weight excluding hydrogens is 438 g/mol. The lowest BCUT2D eigenvalue weighted by atomic mass is 10.1. The molecule has 1 fully saturated rings. The fourth-order valence-electron chi connectivity index (χ4n) is 3.47. The highest BCUT2D eigenvalue weighted by Gasteiger charge is 2.52. The predicted octanol–water partition coefficient (Wildman–Crippen LogP) is 1.81. The van der Waals surface area contributed by atoms with Gasteiger partial charge in [-0.3, -0.25) is 14.3 Å². The average molecular weight is 455 g/mol. The molecule has 32 heavy (non-hydrogen) atoms. The number of nitrogens with two attached hydrogens (primary N) is 1. The van der Waals surface area contributed by atoms with Gasteiger partial charge in [-0.15, -0.1) is 0 Å². The zero-order valence-corrected chi connectivity index (χ0v) is 16.6. The van der Waals surface area contributed by atoms with E-state index in [9.17, 15) is 22.8 Å². The van der Waals surface area contributed by atoms with E-state index in [2.05, 4.69) is 10.3 Å². The Balaban J connectivity index is 1.78. The molecule has 3 N–H and O–H groups in total. The van der Waals surface area contributed by atoms with Gasteiger partial charge in [0.05, 0.1) is 12.1 Å². The molecule has 4 rings (SSSR count). The Kier molecular flexibility index (Phi) is 5.21. The number of hydrogen-bond acceptors (Lipinski definition) is 7. The van der Waals surface area contributed by atoms with E-state index in [1.165, 1.54) is 12.0 Å². The second-order valence-electron chi connectivity index (χ2n) is 7.17. The summed E-state index contributed by atoms with van der Waals surface area (Å²) >= 11 is 0. The summed E-state index contributed by atoms with van der Waals surface area (Å²) in [6, 6.07) is 1.68. The summed E-state index contributed by atoms with van der Waals surface area (Å²) in [4.78, 5) is 26.9. The van der Waals surface area contributed by atoms with Crippen LogP contribution in [0.4, 0.5) is 29.1 Å². The van der Waals surface area contributed by atoms with Crippen LogP contribution in [0.5, 0.6) is 5.75 Å². The molecule has 0 saturated carbocycles. The normalized spacial score (nSPS) is 18.6. The number of primary amides is 1. The summed E-state index contributed by atoms with van der Waals surface area (Å²) in [5, 5.41) is 2.88. The number of carbonyl (C=O) groups is 1. The van der Waals surface area contributed by atoms with Crippen molar-refractivity contribution < 1.29 is 36.6 Å². The topological polar surface area (TPSA) is 112 Å². The molecule has 1 saturated heterocycles. The monoisotopic (exact) mass is 455 g/mol. The smallest absolute Gasteiger partial charge is 0.412 e. The summed E-state index contributed by atoms with van der Waals surface area (Å²) in [7, 11) is 0. The maximum Gasteiger partial charge on any atom is 0.412 e. The molecule has 0 bridgehead atoms. The largest absolute Gasteiger partial charge is 0.491 e. The maximum absolute atomic E-state index is 15.2. The fourth-order valence-corrected chi connectivity index (χ4v) is 3.47. The van der Waals surface area contributed by atoms with Gasteiger partial charge in [0.1, 0.15) is 30.8 Å². The minimum absolute atomic E-state index is 0.00285. The summed E-state index contributed by atoms with van der Waals surface area (Å²) in [5.41, 5.74) is 6.04. The Labute approximate surface area is 178 Å². The molecular formula is C19H17F4N5O4. The number of ether oxygens (including phenoxy) is 2. The van der Waals surface area contributed by atoms with Gasteiger partial charge >= 0.3 is 6.18 Å². The molecule has 1 aromatic carbocycles. The van der Waals surface area contributed by atoms with Crippen molar-refractivity contribution in [1.82, 2.24) is 9.55 Å². The lowest BCUT2D eigenvalue weighted by Crippen LogP contribution is -2.43. The zero-order valence-electron chi connectivity index (χ0n) is 16.6. The number of alkyl halides is 3. The molecule has 9 nitrogen and oxygen atoms in total. The summed E-state index contributed by atoms with van der Waals surface area (Å²) < 4.78 is 67.1. The maximum atomic E-state index is 15.2. The molecule has 2 aromatic rings. The molecule has 2 aliphatic heterocycles. The van der Waals surface area contributed by atoms with Crippen molar-refractivity contribution in [3.05, 3.63) is 30.0 Å². The first-order valence-electron chi connectivity index (χ1n) is 9.44. The molecule has 170 valence electrons. The van der Waals surface area contributed by atoms with Gasteiger partial charge in [0.15, 0.2) is 17.8 Å². The van der Waals surface area contributed by atoms with Crippen molar-refractivity contribution in [2.24, 2.45) is 5.73 Å². The molecule has 0 spiro atoms. The second-order valence-corrected chi connectivity index (χ2v) is 7.17. The Bertz CT molecular complexity index is 1130. The van der Waals surface area contributed by atoms with E-state index in [0.29, 0.717) is 16.2 Å². The van der Waals surface area contributed by atoms with Crippen LogP contribution in [0.25, 0.3) is 11.4 Å². The molecule has 0 aliphatic carbocycles. The van der Waals surface area contributed by atoms with Gasteiger partial charge in [-0.25, -0.2) is 9.78 Å². The predicted molar refractivity (Wildman–Crippen MR) is 103 cm³/mol. The van der Waals surface area contributed by atoms with Crippen LogP contribution in [0.2, 0.25) is 0 Å². The molecule has 3 heterocycles. The van der Waals surface area contributed by atoms with E-state index in [1.54, 1.807) is 19.1 Å². The first-order valence-corrected chi connectivity index (χ1v) is 9.44. The SMILES string of the molecule is C[C@H](Nc1ccc2c(c1)OCCn1c-2nc(N2C(=C=O)OC[C@H]2C(F)(F)F)c1F)C(N)=O. The van der Waals surface area contributed by atoms with Crippen LogP contribution in [0, 0.1) is 5.95 Å². The quantitative estimate of drug-likeness (QED) is 0.534. The highest BCUT2D eigenvalue weighted by atomic mass is 19.4. The van der Waals surface area contributed by atoms with Crippen LogP contribution in [0.3, 0.4) is 0 Å². The van der Waals surface area contributed by atoms with E-state index >= 15 is 4.39 Å². The Hall–Kier alpha value is -3.73. The van der Waals surface area contributed by atoms with Crippen LogP contribution < -0.4 is 20.7 Å². The van der Waals surface area contributed by atoms with Crippen LogP contribution in [-0.2, 0) is 20.9 Å². The Morgan fingerprint density at radius 2 is 2.12 bits per heavy atom.